The molecule has 2 amide bonds. The number of rotatable bonds is 7. The number of hydrogen-bond acceptors (Lipinski definition) is 4. The van der Waals surface area contributed by atoms with Gasteiger partial charge < -0.3 is 10.2 Å². The lowest BCUT2D eigenvalue weighted by Crippen LogP contribution is -2.43. The second kappa shape index (κ2) is 8.33. The first-order valence-electron chi connectivity index (χ1n) is 7.25. The zero-order valence-corrected chi connectivity index (χ0v) is 13.5. The van der Waals surface area contributed by atoms with E-state index in [4.69, 9.17) is 0 Å². The lowest BCUT2D eigenvalue weighted by atomic mass is 9.98. The van der Waals surface area contributed by atoms with Crippen molar-refractivity contribution in [3.63, 3.8) is 0 Å². The normalized spacial score (nSPS) is 19.3. The van der Waals surface area contributed by atoms with Crippen LogP contribution in [0.2, 0.25) is 0 Å². The Labute approximate surface area is 126 Å². The van der Waals surface area contributed by atoms with Crippen molar-refractivity contribution < 1.29 is 18.0 Å². The summed E-state index contributed by atoms with van der Waals surface area (Å²) in [5, 5.41) is 2.66. The molecule has 0 spiro atoms. The van der Waals surface area contributed by atoms with Crippen molar-refractivity contribution in [1.82, 2.24) is 14.9 Å². The molecule has 1 rings (SSSR count). The summed E-state index contributed by atoms with van der Waals surface area (Å²) in [6.07, 6.45) is 4.00. The summed E-state index contributed by atoms with van der Waals surface area (Å²) >= 11 is 0. The molecule has 1 atom stereocenters. The van der Waals surface area contributed by atoms with Gasteiger partial charge in [0.2, 0.25) is 21.8 Å². The van der Waals surface area contributed by atoms with Gasteiger partial charge in [0.25, 0.3) is 0 Å². The van der Waals surface area contributed by atoms with Crippen molar-refractivity contribution in [3.8, 4) is 0 Å². The molecule has 7 nitrogen and oxygen atoms in total. The minimum Gasteiger partial charge on any atom is -0.356 e. The van der Waals surface area contributed by atoms with Crippen LogP contribution in [-0.4, -0.2) is 57.6 Å². The van der Waals surface area contributed by atoms with Gasteiger partial charge in [0, 0.05) is 39.5 Å². The largest absolute Gasteiger partial charge is 0.356 e. The minimum absolute atomic E-state index is 0.0735. The van der Waals surface area contributed by atoms with Gasteiger partial charge in [-0.1, -0.05) is 0 Å². The van der Waals surface area contributed by atoms with Crippen molar-refractivity contribution in [3.05, 3.63) is 0 Å². The number of carbonyl (C=O) groups is 2. The van der Waals surface area contributed by atoms with Gasteiger partial charge in [-0.25, -0.2) is 13.1 Å². The first kappa shape index (κ1) is 17.9. The summed E-state index contributed by atoms with van der Waals surface area (Å²) in [5.74, 6) is 0.157. The summed E-state index contributed by atoms with van der Waals surface area (Å²) in [7, 11) is -3.18. The third-order valence-electron chi connectivity index (χ3n) is 3.45. The van der Waals surface area contributed by atoms with Crippen LogP contribution in [0.1, 0.15) is 32.6 Å². The molecule has 1 aliphatic rings. The summed E-state index contributed by atoms with van der Waals surface area (Å²) in [5.41, 5.74) is 0. The zero-order chi connectivity index (χ0) is 15.9. The Morgan fingerprint density at radius 2 is 2.05 bits per heavy atom. The number of nitrogens with zero attached hydrogens (tertiary/aromatic N) is 1. The van der Waals surface area contributed by atoms with E-state index in [0.717, 1.165) is 25.6 Å². The van der Waals surface area contributed by atoms with E-state index in [0.29, 0.717) is 32.5 Å². The Morgan fingerprint density at radius 1 is 1.33 bits per heavy atom. The fourth-order valence-electron chi connectivity index (χ4n) is 2.39. The van der Waals surface area contributed by atoms with Crippen molar-refractivity contribution in [2.24, 2.45) is 5.92 Å². The molecule has 1 heterocycles. The van der Waals surface area contributed by atoms with Gasteiger partial charge >= 0.3 is 0 Å². The maximum absolute atomic E-state index is 12.1. The molecular formula is C13H25N3O4S. The van der Waals surface area contributed by atoms with Crippen LogP contribution in [0.3, 0.4) is 0 Å². The molecule has 0 saturated carbocycles. The SMILES string of the molecule is CC(=O)NCCCC(=O)N1CCCC(CNS(C)(=O)=O)C1. The van der Waals surface area contributed by atoms with E-state index in [1.165, 1.54) is 6.92 Å². The first-order chi connectivity index (χ1) is 9.78. The van der Waals surface area contributed by atoms with Crippen LogP contribution >= 0.6 is 0 Å². The highest BCUT2D eigenvalue weighted by molar-refractivity contribution is 7.88. The van der Waals surface area contributed by atoms with Crippen LogP contribution in [0.25, 0.3) is 0 Å². The van der Waals surface area contributed by atoms with Crippen LogP contribution in [0.15, 0.2) is 0 Å². The molecule has 21 heavy (non-hydrogen) atoms. The smallest absolute Gasteiger partial charge is 0.222 e. The maximum Gasteiger partial charge on any atom is 0.222 e. The van der Waals surface area contributed by atoms with Crippen LogP contribution in [0.4, 0.5) is 0 Å². The molecule has 1 fully saturated rings. The second-order valence-electron chi connectivity index (χ2n) is 5.56. The number of amides is 2. The highest BCUT2D eigenvalue weighted by Gasteiger charge is 2.23. The quantitative estimate of drug-likeness (QED) is 0.629. The van der Waals surface area contributed by atoms with Gasteiger partial charge in [-0.3, -0.25) is 9.59 Å². The monoisotopic (exact) mass is 319 g/mol. The molecule has 2 N–H and O–H groups in total. The highest BCUT2D eigenvalue weighted by Crippen LogP contribution is 2.17. The Hall–Kier alpha value is -1.15. The number of sulfonamides is 1. The van der Waals surface area contributed by atoms with E-state index >= 15 is 0 Å². The van der Waals surface area contributed by atoms with E-state index in [2.05, 4.69) is 10.0 Å². The lowest BCUT2D eigenvalue weighted by molar-refractivity contribution is -0.133. The van der Waals surface area contributed by atoms with E-state index in [-0.39, 0.29) is 17.7 Å². The van der Waals surface area contributed by atoms with Gasteiger partial charge in [0.15, 0.2) is 0 Å². The molecule has 0 radical (unpaired) electrons. The fraction of sp³-hybridized carbons (Fsp3) is 0.846. The van der Waals surface area contributed by atoms with Crippen LogP contribution in [0, 0.1) is 5.92 Å². The molecule has 0 aliphatic carbocycles. The van der Waals surface area contributed by atoms with E-state index < -0.39 is 10.0 Å². The van der Waals surface area contributed by atoms with Gasteiger partial charge in [0.05, 0.1) is 6.26 Å². The average Bonchev–Trinajstić information content (AvgIpc) is 2.40. The summed E-state index contributed by atoms with van der Waals surface area (Å²) in [6, 6.07) is 0. The Bertz CT molecular complexity index is 464. The predicted octanol–water partition coefficient (Wildman–Crippen LogP) is -0.309. The molecule has 0 bridgehead atoms. The van der Waals surface area contributed by atoms with Crippen molar-refractivity contribution in [2.75, 3.05) is 32.4 Å². The van der Waals surface area contributed by atoms with E-state index in [1.807, 2.05) is 0 Å². The lowest BCUT2D eigenvalue weighted by Gasteiger charge is -2.32. The molecule has 8 heteroatoms. The van der Waals surface area contributed by atoms with Gasteiger partial charge in [-0.05, 0) is 25.2 Å². The number of piperidine rings is 1. The number of likely N-dealkylation sites (tertiary alicyclic amines) is 1. The van der Waals surface area contributed by atoms with Crippen molar-refractivity contribution in [2.45, 2.75) is 32.6 Å². The van der Waals surface area contributed by atoms with E-state index in [1.54, 1.807) is 4.90 Å². The molecule has 1 aliphatic heterocycles. The Kier molecular flexibility index (Phi) is 7.10. The summed E-state index contributed by atoms with van der Waals surface area (Å²) in [6.45, 7) is 3.67. The molecule has 0 aromatic carbocycles. The maximum atomic E-state index is 12.1. The summed E-state index contributed by atoms with van der Waals surface area (Å²) in [4.78, 5) is 24.6. The summed E-state index contributed by atoms with van der Waals surface area (Å²) < 4.78 is 24.7. The average molecular weight is 319 g/mol. The van der Waals surface area contributed by atoms with Gasteiger partial charge in [-0.15, -0.1) is 0 Å². The number of nitrogens with one attached hydrogen (secondary N) is 2. The van der Waals surface area contributed by atoms with Gasteiger partial charge in [0.1, 0.15) is 0 Å². The molecule has 1 saturated heterocycles. The third-order valence-corrected chi connectivity index (χ3v) is 4.14. The topological polar surface area (TPSA) is 95.6 Å². The fourth-order valence-corrected chi connectivity index (χ4v) is 2.93. The highest BCUT2D eigenvalue weighted by atomic mass is 32.2. The first-order valence-corrected chi connectivity index (χ1v) is 9.14. The molecule has 0 aromatic rings. The number of hydrogen-bond donors (Lipinski definition) is 2. The second-order valence-corrected chi connectivity index (χ2v) is 7.39. The standard InChI is InChI=1S/C13H25N3O4S/c1-11(17)14-7-3-6-13(18)16-8-4-5-12(10-16)9-15-21(2,19)20/h12,15H,3-10H2,1-2H3,(H,14,17). The molecule has 0 aromatic heterocycles. The van der Waals surface area contributed by atoms with E-state index in [9.17, 15) is 18.0 Å². The molecule has 1 unspecified atom stereocenters. The van der Waals surface area contributed by atoms with Crippen LogP contribution in [-0.2, 0) is 19.6 Å². The third kappa shape index (κ3) is 8.01. The molecule has 122 valence electrons. The minimum atomic E-state index is -3.18. The van der Waals surface area contributed by atoms with Crippen molar-refractivity contribution in [1.29, 1.82) is 0 Å². The van der Waals surface area contributed by atoms with Crippen molar-refractivity contribution >= 4 is 21.8 Å². The van der Waals surface area contributed by atoms with Gasteiger partial charge in [-0.2, -0.15) is 0 Å². The predicted molar refractivity (Wildman–Crippen MR) is 80.1 cm³/mol. The van der Waals surface area contributed by atoms with Crippen LogP contribution in [0.5, 0.6) is 0 Å². The zero-order valence-electron chi connectivity index (χ0n) is 12.7. The Morgan fingerprint density at radius 3 is 2.67 bits per heavy atom. The number of carbonyl (C=O) groups excluding carboxylic acids is 2. The Balaban J connectivity index is 2.30. The molecular weight excluding hydrogens is 294 g/mol. The van der Waals surface area contributed by atoms with Crippen LogP contribution < -0.4 is 10.0 Å².